The summed E-state index contributed by atoms with van der Waals surface area (Å²) in [7, 11) is 1.58. The molecule has 1 unspecified atom stereocenters. The van der Waals surface area contributed by atoms with Crippen molar-refractivity contribution >= 4 is 22.8 Å². The quantitative estimate of drug-likeness (QED) is 0.350. The number of benzene rings is 3. The summed E-state index contributed by atoms with van der Waals surface area (Å²) in [6, 6.07) is 17.3. The number of aromatic amines is 1. The molecule has 184 valence electrons. The van der Waals surface area contributed by atoms with Crippen molar-refractivity contribution in [3.05, 3.63) is 110 Å². The van der Waals surface area contributed by atoms with E-state index in [0.29, 0.717) is 29.8 Å². The number of carbonyl (C=O) groups excluding carboxylic acids is 1. The number of carboxylic acid groups (broad SMARTS) is 1. The SMILES string of the molecule is CCC(c1ccc(C(=O)O)cc1)n1c(=O)[nH]c2ccc(C(=O)NCc3ccc(OC)cc3)cc2c1=O. The molecule has 9 nitrogen and oxygen atoms in total. The molecule has 0 saturated carbocycles. The van der Waals surface area contributed by atoms with E-state index >= 15 is 0 Å². The maximum atomic E-state index is 13.4. The zero-order chi connectivity index (χ0) is 25.8. The standard InChI is InChI=1S/C27H25N3O6/c1-3-23(17-6-8-18(9-7-17)26(33)34)30-25(32)21-14-19(10-13-22(21)29-27(30)35)24(31)28-15-16-4-11-20(36-2)12-5-16/h4-14,23H,3,15H2,1-2H3,(H,28,31)(H,29,35)(H,33,34). The van der Waals surface area contributed by atoms with Crippen LogP contribution in [-0.2, 0) is 6.54 Å². The van der Waals surface area contributed by atoms with E-state index in [9.17, 15) is 19.2 Å². The van der Waals surface area contributed by atoms with Crippen LogP contribution >= 0.6 is 0 Å². The summed E-state index contributed by atoms with van der Waals surface area (Å²) in [6.45, 7) is 2.12. The number of hydrogen-bond donors (Lipinski definition) is 3. The summed E-state index contributed by atoms with van der Waals surface area (Å²) in [5, 5.41) is 12.2. The van der Waals surface area contributed by atoms with Gasteiger partial charge in [-0.15, -0.1) is 0 Å². The predicted molar refractivity (Wildman–Crippen MR) is 135 cm³/mol. The number of nitrogens with zero attached hydrogens (tertiary/aromatic N) is 1. The molecule has 0 fully saturated rings. The summed E-state index contributed by atoms with van der Waals surface area (Å²) in [6.07, 6.45) is 0.420. The van der Waals surface area contributed by atoms with Gasteiger partial charge in [0.25, 0.3) is 11.5 Å². The van der Waals surface area contributed by atoms with Gasteiger partial charge in [0.2, 0.25) is 0 Å². The first kappa shape index (κ1) is 24.5. The molecule has 0 bridgehead atoms. The molecular formula is C27H25N3O6. The van der Waals surface area contributed by atoms with E-state index in [-0.39, 0.29) is 22.4 Å². The largest absolute Gasteiger partial charge is 0.497 e. The van der Waals surface area contributed by atoms with Crippen LogP contribution in [0, 0.1) is 0 Å². The van der Waals surface area contributed by atoms with Gasteiger partial charge in [-0.05, 0) is 60.0 Å². The highest BCUT2D eigenvalue weighted by Crippen LogP contribution is 2.21. The molecule has 3 aromatic carbocycles. The Labute approximate surface area is 206 Å². The highest BCUT2D eigenvalue weighted by atomic mass is 16.5. The molecule has 4 rings (SSSR count). The molecule has 36 heavy (non-hydrogen) atoms. The van der Waals surface area contributed by atoms with Gasteiger partial charge in [0, 0.05) is 12.1 Å². The van der Waals surface area contributed by atoms with Crippen molar-refractivity contribution in [2.75, 3.05) is 7.11 Å². The van der Waals surface area contributed by atoms with Crippen LogP contribution in [0.2, 0.25) is 0 Å². The Morgan fingerprint density at radius 1 is 1.00 bits per heavy atom. The molecule has 1 amide bonds. The van der Waals surface area contributed by atoms with Crippen LogP contribution in [0.3, 0.4) is 0 Å². The highest BCUT2D eigenvalue weighted by molar-refractivity contribution is 5.97. The van der Waals surface area contributed by atoms with Crippen LogP contribution in [0.25, 0.3) is 10.9 Å². The van der Waals surface area contributed by atoms with E-state index < -0.39 is 23.3 Å². The van der Waals surface area contributed by atoms with Crippen LogP contribution in [0.15, 0.2) is 76.3 Å². The molecular weight excluding hydrogens is 462 g/mol. The molecule has 0 radical (unpaired) electrons. The number of aromatic nitrogens is 2. The number of rotatable bonds is 8. The molecule has 4 aromatic rings. The number of ether oxygens (including phenoxy) is 1. The summed E-state index contributed by atoms with van der Waals surface area (Å²) in [5.41, 5.74) is 1.11. The lowest BCUT2D eigenvalue weighted by molar-refractivity contribution is 0.0696. The van der Waals surface area contributed by atoms with Gasteiger partial charge in [-0.1, -0.05) is 31.2 Å². The van der Waals surface area contributed by atoms with Crippen LogP contribution in [0.1, 0.15) is 51.2 Å². The average molecular weight is 488 g/mol. The lowest BCUT2D eigenvalue weighted by Crippen LogP contribution is -2.38. The molecule has 0 aliphatic carbocycles. The van der Waals surface area contributed by atoms with Gasteiger partial charge in [-0.3, -0.25) is 14.2 Å². The number of fused-ring (bicyclic) bond motifs is 1. The van der Waals surface area contributed by atoms with Crippen molar-refractivity contribution in [3.8, 4) is 5.75 Å². The lowest BCUT2D eigenvalue weighted by Gasteiger charge is -2.18. The fourth-order valence-electron chi connectivity index (χ4n) is 4.09. The third kappa shape index (κ3) is 4.90. The third-order valence-corrected chi connectivity index (χ3v) is 6.04. The van der Waals surface area contributed by atoms with E-state index in [4.69, 9.17) is 9.84 Å². The molecule has 1 atom stereocenters. The van der Waals surface area contributed by atoms with Crippen LogP contribution < -0.4 is 21.3 Å². The number of carboxylic acids is 1. The fourth-order valence-corrected chi connectivity index (χ4v) is 4.09. The fraction of sp³-hybridized carbons (Fsp3) is 0.185. The van der Waals surface area contributed by atoms with Gasteiger partial charge in [0.1, 0.15) is 5.75 Å². The summed E-state index contributed by atoms with van der Waals surface area (Å²) in [4.78, 5) is 52.9. The van der Waals surface area contributed by atoms with Crippen molar-refractivity contribution in [3.63, 3.8) is 0 Å². The Morgan fingerprint density at radius 2 is 1.67 bits per heavy atom. The second kappa shape index (κ2) is 10.3. The van der Waals surface area contributed by atoms with Crippen molar-refractivity contribution in [1.29, 1.82) is 0 Å². The Morgan fingerprint density at radius 3 is 2.28 bits per heavy atom. The van der Waals surface area contributed by atoms with E-state index in [0.717, 1.165) is 10.1 Å². The van der Waals surface area contributed by atoms with E-state index in [1.165, 1.54) is 24.3 Å². The molecule has 1 aromatic heterocycles. The third-order valence-electron chi connectivity index (χ3n) is 6.04. The van der Waals surface area contributed by atoms with Crippen LogP contribution in [0.4, 0.5) is 0 Å². The molecule has 1 heterocycles. The molecule has 3 N–H and O–H groups in total. The number of hydrogen-bond acceptors (Lipinski definition) is 5. The smallest absolute Gasteiger partial charge is 0.335 e. The van der Waals surface area contributed by atoms with Gasteiger partial charge in [0.05, 0.1) is 29.6 Å². The topological polar surface area (TPSA) is 130 Å². The minimum Gasteiger partial charge on any atom is -0.497 e. The van der Waals surface area contributed by atoms with Gasteiger partial charge < -0.3 is 20.1 Å². The van der Waals surface area contributed by atoms with Gasteiger partial charge in [0.15, 0.2) is 0 Å². The molecule has 0 spiro atoms. The minimum absolute atomic E-state index is 0.110. The van der Waals surface area contributed by atoms with Gasteiger partial charge >= 0.3 is 11.7 Å². The molecule has 0 saturated heterocycles. The number of carbonyl (C=O) groups is 2. The first-order valence-corrected chi connectivity index (χ1v) is 11.3. The first-order valence-electron chi connectivity index (χ1n) is 11.3. The summed E-state index contributed by atoms with van der Waals surface area (Å²) in [5.74, 6) is -0.706. The van der Waals surface area contributed by atoms with E-state index in [1.807, 2.05) is 19.1 Å². The van der Waals surface area contributed by atoms with E-state index in [2.05, 4.69) is 10.3 Å². The number of nitrogens with one attached hydrogen (secondary N) is 2. The lowest BCUT2D eigenvalue weighted by atomic mass is 10.0. The zero-order valence-corrected chi connectivity index (χ0v) is 19.8. The van der Waals surface area contributed by atoms with Gasteiger partial charge in [-0.25, -0.2) is 9.59 Å². The normalized spacial score (nSPS) is 11.7. The Kier molecular flexibility index (Phi) is 7.00. The minimum atomic E-state index is -1.06. The maximum Gasteiger partial charge on any atom is 0.335 e. The zero-order valence-electron chi connectivity index (χ0n) is 19.8. The number of methoxy groups -OCH3 is 1. The Hall–Kier alpha value is -4.66. The second-order valence-corrected chi connectivity index (χ2v) is 8.25. The van der Waals surface area contributed by atoms with Crippen molar-refractivity contribution in [1.82, 2.24) is 14.9 Å². The van der Waals surface area contributed by atoms with Crippen molar-refractivity contribution in [2.45, 2.75) is 25.9 Å². The second-order valence-electron chi connectivity index (χ2n) is 8.25. The number of H-pyrrole nitrogens is 1. The Balaban J connectivity index is 1.65. The summed E-state index contributed by atoms with van der Waals surface area (Å²) >= 11 is 0. The highest BCUT2D eigenvalue weighted by Gasteiger charge is 2.19. The number of aromatic carboxylic acids is 1. The molecule has 9 heteroatoms. The van der Waals surface area contributed by atoms with E-state index in [1.54, 1.807) is 37.4 Å². The molecule has 0 aliphatic rings. The van der Waals surface area contributed by atoms with Crippen LogP contribution in [0.5, 0.6) is 5.75 Å². The van der Waals surface area contributed by atoms with Crippen molar-refractivity contribution < 1.29 is 19.4 Å². The predicted octanol–water partition coefficient (Wildman–Crippen LogP) is 3.33. The average Bonchev–Trinajstić information content (AvgIpc) is 2.89. The van der Waals surface area contributed by atoms with Gasteiger partial charge in [-0.2, -0.15) is 0 Å². The summed E-state index contributed by atoms with van der Waals surface area (Å²) < 4.78 is 6.24. The monoisotopic (exact) mass is 487 g/mol. The Bertz CT molecular complexity index is 1540. The number of amides is 1. The molecule has 0 aliphatic heterocycles. The van der Waals surface area contributed by atoms with Crippen LogP contribution in [-0.4, -0.2) is 33.6 Å². The van der Waals surface area contributed by atoms with Crippen molar-refractivity contribution in [2.24, 2.45) is 0 Å². The maximum absolute atomic E-state index is 13.4. The first-order chi connectivity index (χ1) is 17.3.